The van der Waals surface area contributed by atoms with Crippen LogP contribution in [0.25, 0.3) is 0 Å². The highest BCUT2D eigenvalue weighted by Gasteiger charge is 2.40. The van der Waals surface area contributed by atoms with Gasteiger partial charge >= 0.3 is 5.69 Å². The molecule has 2 atom stereocenters. The minimum absolute atomic E-state index is 0.262. The number of benzene rings is 1. The number of nitro groups is 1. The first-order chi connectivity index (χ1) is 9.76. The van der Waals surface area contributed by atoms with Crippen LogP contribution in [-0.2, 0) is 10.0 Å². The second-order valence-electron chi connectivity index (χ2n) is 5.31. The number of piperidine rings is 1. The number of para-hydroxylation sites is 1. The number of hydrogen-bond donors (Lipinski definition) is 0. The van der Waals surface area contributed by atoms with Crippen molar-refractivity contribution in [3.63, 3.8) is 0 Å². The second-order valence-corrected chi connectivity index (χ2v) is 7.12. The van der Waals surface area contributed by atoms with Gasteiger partial charge in [0.05, 0.1) is 4.92 Å². The third-order valence-electron chi connectivity index (χ3n) is 3.80. The molecule has 0 aliphatic carbocycles. The van der Waals surface area contributed by atoms with Crippen LogP contribution in [0.1, 0.15) is 33.1 Å². The average Bonchev–Trinajstić information content (AvgIpc) is 2.37. The quantitative estimate of drug-likeness (QED) is 0.634. The Kier molecular flexibility index (Phi) is 4.29. The van der Waals surface area contributed by atoms with Gasteiger partial charge in [0.1, 0.15) is 0 Å². The van der Waals surface area contributed by atoms with Crippen LogP contribution >= 0.6 is 0 Å². The van der Waals surface area contributed by atoms with Crippen LogP contribution in [0, 0.1) is 15.9 Å². The van der Waals surface area contributed by atoms with Gasteiger partial charge in [0.25, 0.3) is 10.0 Å². The normalized spacial score (nSPS) is 24.0. The molecule has 8 heteroatoms. The van der Waals surface area contributed by atoms with Crippen molar-refractivity contribution in [1.82, 2.24) is 4.31 Å². The number of rotatable bonds is 3. The van der Waals surface area contributed by atoms with Gasteiger partial charge in [0.2, 0.25) is 5.82 Å². The number of sulfonamides is 1. The Balaban J connectivity index is 2.59. The lowest BCUT2D eigenvalue weighted by Gasteiger charge is -2.37. The van der Waals surface area contributed by atoms with E-state index in [0.717, 1.165) is 18.6 Å². The molecule has 1 heterocycles. The third-order valence-corrected chi connectivity index (χ3v) is 5.96. The van der Waals surface area contributed by atoms with Gasteiger partial charge in [-0.05, 0) is 38.8 Å². The monoisotopic (exact) mass is 316 g/mol. The maximum atomic E-state index is 13.7. The molecule has 6 nitrogen and oxygen atoms in total. The SMILES string of the molecule is CC1CCCC(C)N1S(=O)(=O)c1cccc(F)c1[N+](=O)[O-]. The number of halogens is 1. The Bertz CT molecular complexity index is 652. The van der Waals surface area contributed by atoms with E-state index in [0.29, 0.717) is 12.8 Å². The second kappa shape index (κ2) is 5.69. The van der Waals surface area contributed by atoms with Crippen molar-refractivity contribution in [2.75, 3.05) is 0 Å². The molecule has 1 saturated heterocycles. The molecule has 1 aliphatic heterocycles. The molecule has 0 amide bonds. The van der Waals surface area contributed by atoms with Crippen LogP contribution in [-0.4, -0.2) is 29.7 Å². The Morgan fingerprint density at radius 3 is 2.38 bits per heavy atom. The summed E-state index contributed by atoms with van der Waals surface area (Å²) in [6, 6.07) is 2.63. The lowest BCUT2D eigenvalue weighted by atomic mass is 10.0. The van der Waals surface area contributed by atoms with Gasteiger partial charge in [-0.2, -0.15) is 8.70 Å². The molecule has 2 rings (SSSR count). The number of nitro benzene ring substituents is 1. The summed E-state index contributed by atoms with van der Waals surface area (Å²) in [5, 5.41) is 11.0. The van der Waals surface area contributed by atoms with E-state index in [2.05, 4.69) is 0 Å². The molecule has 1 aromatic carbocycles. The van der Waals surface area contributed by atoms with E-state index < -0.39 is 31.3 Å². The maximum Gasteiger partial charge on any atom is 0.324 e. The van der Waals surface area contributed by atoms with E-state index in [1.165, 1.54) is 10.4 Å². The summed E-state index contributed by atoms with van der Waals surface area (Å²) in [7, 11) is -4.11. The van der Waals surface area contributed by atoms with Gasteiger partial charge in [-0.15, -0.1) is 0 Å². The van der Waals surface area contributed by atoms with E-state index in [1.54, 1.807) is 13.8 Å². The first-order valence-electron chi connectivity index (χ1n) is 6.73. The van der Waals surface area contributed by atoms with E-state index in [1.807, 2.05) is 0 Å². The van der Waals surface area contributed by atoms with Crippen LogP contribution in [0.3, 0.4) is 0 Å². The van der Waals surface area contributed by atoms with Crippen molar-refractivity contribution >= 4 is 15.7 Å². The molecule has 0 radical (unpaired) electrons. The molecule has 1 fully saturated rings. The zero-order valence-corrected chi connectivity index (χ0v) is 12.6. The van der Waals surface area contributed by atoms with Gasteiger partial charge in [-0.25, -0.2) is 8.42 Å². The van der Waals surface area contributed by atoms with Gasteiger partial charge in [-0.1, -0.05) is 12.5 Å². The van der Waals surface area contributed by atoms with E-state index in [-0.39, 0.29) is 12.1 Å². The third kappa shape index (κ3) is 2.77. The summed E-state index contributed by atoms with van der Waals surface area (Å²) in [5.74, 6) is -1.14. The highest BCUT2D eigenvalue weighted by Crippen LogP contribution is 2.34. The highest BCUT2D eigenvalue weighted by atomic mass is 32.2. The Hall–Kier alpha value is -1.54. The summed E-state index contributed by atoms with van der Waals surface area (Å²) in [4.78, 5) is 9.46. The molecule has 0 N–H and O–H groups in total. The summed E-state index contributed by atoms with van der Waals surface area (Å²) in [5.41, 5.74) is -0.984. The van der Waals surface area contributed by atoms with E-state index in [9.17, 15) is 22.9 Å². The maximum absolute atomic E-state index is 13.7. The van der Waals surface area contributed by atoms with Gasteiger partial charge < -0.3 is 0 Å². The smallest absolute Gasteiger partial charge is 0.258 e. The minimum atomic E-state index is -4.11. The number of hydrogen-bond acceptors (Lipinski definition) is 4. The first kappa shape index (κ1) is 15.8. The molecule has 0 aromatic heterocycles. The topological polar surface area (TPSA) is 80.5 Å². The fourth-order valence-electron chi connectivity index (χ4n) is 2.87. The average molecular weight is 316 g/mol. The predicted octanol–water partition coefficient (Wildman–Crippen LogP) is 2.69. The lowest BCUT2D eigenvalue weighted by molar-refractivity contribution is -0.390. The van der Waals surface area contributed by atoms with E-state index >= 15 is 0 Å². The molecule has 0 saturated carbocycles. The summed E-state index contributed by atoms with van der Waals surface area (Å²) >= 11 is 0. The Morgan fingerprint density at radius 1 is 1.29 bits per heavy atom. The zero-order valence-electron chi connectivity index (χ0n) is 11.8. The van der Waals surface area contributed by atoms with Gasteiger partial charge in [0.15, 0.2) is 4.90 Å². The van der Waals surface area contributed by atoms with Gasteiger partial charge in [0, 0.05) is 12.1 Å². The van der Waals surface area contributed by atoms with Gasteiger partial charge in [-0.3, -0.25) is 10.1 Å². The van der Waals surface area contributed by atoms with Crippen molar-refractivity contribution < 1.29 is 17.7 Å². The summed E-state index contributed by atoms with van der Waals surface area (Å²) < 4.78 is 40.4. The van der Waals surface area contributed by atoms with E-state index in [4.69, 9.17) is 0 Å². The van der Waals surface area contributed by atoms with Crippen LogP contribution in [0.2, 0.25) is 0 Å². The molecule has 21 heavy (non-hydrogen) atoms. The fraction of sp³-hybridized carbons (Fsp3) is 0.538. The standard InChI is InChI=1S/C13H17FN2O4S/c1-9-5-3-6-10(2)15(9)21(19,20)12-8-4-7-11(14)13(12)16(17)18/h4,7-10H,3,5-6H2,1-2H3. The van der Waals surface area contributed by atoms with Crippen LogP contribution in [0.4, 0.5) is 10.1 Å². The summed E-state index contributed by atoms with van der Waals surface area (Å²) in [6.45, 7) is 3.52. The predicted molar refractivity (Wildman–Crippen MR) is 74.9 cm³/mol. The van der Waals surface area contributed by atoms with Crippen molar-refractivity contribution in [3.8, 4) is 0 Å². The molecule has 116 valence electrons. The lowest BCUT2D eigenvalue weighted by Crippen LogP contribution is -2.47. The first-order valence-corrected chi connectivity index (χ1v) is 8.17. The largest absolute Gasteiger partial charge is 0.324 e. The van der Waals surface area contributed by atoms with Crippen LogP contribution in [0.5, 0.6) is 0 Å². The Labute approximate surface area is 122 Å². The van der Waals surface area contributed by atoms with Crippen molar-refractivity contribution in [1.29, 1.82) is 0 Å². The molecule has 1 aromatic rings. The van der Waals surface area contributed by atoms with Crippen molar-refractivity contribution in [2.45, 2.75) is 50.1 Å². The molecular weight excluding hydrogens is 299 g/mol. The van der Waals surface area contributed by atoms with Crippen LogP contribution < -0.4 is 0 Å². The minimum Gasteiger partial charge on any atom is -0.258 e. The molecule has 0 spiro atoms. The van der Waals surface area contributed by atoms with Crippen molar-refractivity contribution in [2.24, 2.45) is 0 Å². The fourth-order valence-corrected chi connectivity index (χ4v) is 4.92. The summed E-state index contributed by atoms with van der Waals surface area (Å²) in [6.07, 6.45) is 2.28. The zero-order chi connectivity index (χ0) is 15.8. The Morgan fingerprint density at radius 2 is 1.86 bits per heavy atom. The van der Waals surface area contributed by atoms with Crippen molar-refractivity contribution in [3.05, 3.63) is 34.1 Å². The molecular formula is C13H17FN2O4S. The molecule has 2 unspecified atom stereocenters. The van der Waals surface area contributed by atoms with Crippen LogP contribution in [0.15, 0.2) is 23.1 Å². The molecule has 1 aliphatic rings. The number of nitrogens with zero attached hydrogens (tertiary/aromatic N) is 2. The highest BCUT2D eigenvalue weighted by molar-refractivity contribution is 7.89. The molecule has 0 bridgehead atoms.